The number of carbonyl (C=O) groups is 1. The number of aldehydes is 1. The lowest BCUT2D eigenvalue weighted by Gasteiger charge is -2.06. The molecule has 0 spiro atoms. The molecule has 10 nitrogen and oxygen atoms in total. The van der Waals surface area contributed by atoms with Crippen molar-refractivity contribution in [1.82, 2.24) is 9.97 Å². The molecule has 182 valence electrons. The van der Waals surface area contributed by atoms with Crippen LogP contribution in [0.5, 0.6) is 0 Å². The highest BCUT2D eigenvalue weighted by Crippen LogP contribution is 2.51. The van der Waals surface area contributed by atoms with E-state index in [1.165, 1.54) is 12.4 Å². The first-order valence-corrected chi connectivity index (χ1v) is 11.5. The van der Waals surface area contributed by atoms with Crippen LogP contribution in [-0.2, 0) is 4.79 Å². The van der Waals surface area contributed by atoms with E-state index in [4.69, 9.17) is 28.3 Å². The first-order chi connectivity index (χ1) is 16.1. The summed E-state index contributed by atoms with van der Waals surface area (Å²) >= 11 is 11.9. The molecule has 2 heterocycles. The van der Waals surface area contributed by atoms with Crippen LogP contribution in [0.25, 0.3) is 0 Å². The van der Waals surface area contributed by atoms with Crippen molar-refractivity contribution in [2.24, 2.45) is 11.8 Å². The highest BCUT2D eigenvalue weighted by molar-refractivity contribution is 6.33. The molecule has 2 fully saturated rings. The summed E-state index contributed by atoms with van der Waals surface area (Å²) < 4.78 is 0. The second kappa shape index (κ2) is 10.7. The Bertz CT molecular complexity index is 1130. The SMILES string of the molecule is Cc1c(C2CC2CC=O)ncc([N+](=O)[O-])c1Cl.Cc1c(C2CC2CCO)ncc([N+](=O)[O-])c1Cl. The van der Waals surface area contributed by atoms with Crippen LogP contribution in [0.4, 0.5) is 11.4 Å². The van der Waals surface area contributed by atoms with Gasteiger partial charge >= 0.3 is 11.4 Å². The second-order valence-electron chi connectivity index (χ2n) is 8.57. The van der Waals surface area contributed by atoms with Crippen LogP contribution >= 0.6 is 23.2 Å². The molecule has 0 radical (unpaired) electrons. The molecular weight excluding hydrogens is 487 g/mol. The van der Waals surface area contributed by atoms with E-state index < -0.39 is 9.85 Å². The number of aliphatic hydroxyl groups is 1. The summed E-state index contributed by atoms with van der Waals surface area (Å²) in [6.07, 6.45) is 6.46. The molecule has 0 amide bonds. The molecular formula is C22H24Cl2N4O6. The van der Waals surface area contributed by atoms with Gasteiger partial charge in [0.05, 0.1) is 9.85 Å². The van der Waals surface area contributed by atoms with E-state index in [1.807, 2.05) is 0 Å². The Morgan fingerprint density at radius 3 is 1.82 bits per heavy atom. The van der Waals surface area contributed by atoms with E-state index in [9.17, 15) is 25.0 Å². The normalized spacial score (nSPS) is 22.4. The molecule has 4 rings (SSSR count). The predicted octanol–water partition coefficient (Wildman–Crippen LogP) is 5.08. The molecule has 2 aliphatic rings. The van der Waals surface area contributed by atoms with E-state index >= 15 is 0 Å². The molecule has 34 heavy (non-hydrogen) atoms. The monoisotopic (exact) mass is 510 g/mol. The largest absolute Gasteiger partial charge is 0.396 e. The average Bonchev–Trinajstić information content (AvgIpc) is 3.70. The highest BCUT2D eigenvalue weighted by Gasteiger charge is 2.41. The maximum Gasteiger partial charge on any atom is 0.306 e. The average molecular weight is 511 g/mol. The van der Waals surface area contributed by atoms with Crippen molar-refractivity contribution in [2.75, 3.05) is 6.61 Å². The molecule has 0 saturated heterocycles. The van der Waals surface area contributed by atoms with Gasteiger partial charge in [0.1, 0.15) is 28.7 Å². The molecule has 1 N–H and O–H groups in total. The number of pyridine rings is 2. The van der Waals surface area contributed by atoms with E-state index in [1.54, 1.807) is 13.8 Å². The van der Waals surface area contributed by atoms with Gasteiger partial charge in [-0.1, -0.05) is 23.2 Å². The number of aromatic nitrogens is 2. The summed E-state index contributed by atoms with van der Waals surface area (Å²) in [7, 11) is 0. The smallest absolute Gasteiger partial charge is 0.306 e. The topological polar surface area (TPSA) is 149 Å². The van der Waals surface area contributed by atoms with Gasteiger partial charge in [-0.2, -0.15) is 0 Å². The van der Waals surface area contributed by atoms with Crippen LogP contribution < -0.4 is 0 Å². The third-order valence-corrected chi connectivity index (χ3v) is 7.32. The van der Waals surface area contributed by atoms with Gasteiger partial charge in [0.25, 0.3) is 0 Å². The number of rotatable bonds is 8. The minimum atomic E-state index is -0.540. The van der Waals surface area contributed by atoms with Gasteiger partial charge in [0, 0.05) is 36.3 Å². The van der Waals surface area contributed by atoms with E-state index in [0.29, 0.717) is 35.3 Å². The molecule has 0 aliphatic heterocycles. The zero-order chi connectivity index (χ0) is 25.2. The molecule has 4 atom stereocenters. The third kappa shape index (κ3) is 5.51. The van der Waals surface area contributed by atoms with Crippen molar-refractivity contribution < 1.29 is 19.7 Å². The Morgan fingerprint density at radius 2 is 1.41 bits per heavy atom. The number of hydrogen-bond donors (Lipinski definition) is 1. The Balaban J connectivity index is 0.000000191. The summed E-state index contributed by atoms with van der Waals surface area (Å²) in [6, 6.07) is 0. The van der Waals surface area contributed by atoms with Crippen molar-refractivity contribution in [2.45, 2.75) is 51.4 Å². The van der Waals surface area contributed by atoms with E-state index in [-0.39, 0.29) is 33.9 Å². The fourth-order valence-corrected chi connectivity index (χ4v) is 4.64. The summed E-state index contributed by atoms with van der Waals surface area (Å²) in [6.45, 7) is 3.65. The fourth-order valence-electron chi connectivity index (χ4n) is 4.21. The highest BCUT2D eigenvalue weighted by atomic mass is 35.5. The first-order valence-electron chi connectivity index (χ1n) is 10.8. The van der Waals surface area contributed by atoms with Gasteiger partial charge in [-0.05, 0) is 56.1 Å². The zero-order valence-electron chi connectivity index (χ0n) is 18.6. The van der Waals surface area contributed by atoms with Crippen LogP contribution in [-0.4, -0.2) is 37.8 Å². The fraction of sp³-hybridized carbons (Fsp3) is 0.500. The number of hydrogen-bond acceptors (Lipinski definition) is 8. The molecule has 12 heteroatoms. The lowest BCUT2D eigenvalue weighted by molar-refractivity contribution is -0.385. The van der Waals surface area contributed by atoms with E-state index in [0.717, 1.165) is 36.9 Å². The summed E-state index contributed by atoms with van der Waals surface area (Å²) in [5.41, 5.74) is 2.64. The maximum atomic E-state index is 10.7. The quantitative estimate of drug-likeness (QED) is 0.293. The van der Waals surface area contributed by atoms with Crippen LogP contribution in [0.1, 0.15) is 60.0 Å². The van der Waals surface area contributed by atoms with Gasteiger partial charge in [0.2, 0.25) is 0 Å². The zero-order valence-corrected chi connectivity index (χ0v) is 20.1. The molecule has 0 bridgehead atoms. The maximum absolute atomic E-state index is 10.7. The van der Waals surface area contributed by atoms with Crippen LogP contribution in [0.15, 0.2) is 12.4 Å². The Hall–Kier alpha value is -2.69. The summed E-state index contributed by atoms with van der Waals surface area (Å²) in [5, 5.41) is 30.5. The van der Waals surface area contributed by atoms with Crippen molar-refractivity contribution in [1.29, 1.82) is 0 Å². The second-order valence-corrected chi connectivity index (χ2v) is 9.32. The number of carbonyl (C=O) groups excluding carboxylic acids is 1. The summed E-state index contributed by atoms with van der Waals surface area (Å²) in [4.78, 5) is 38.9. The molecule has 2 saturated carbocycles. The van der Waals surface area contributed by atoms with Gasteiger partial charge in [-0.3, -0.25) is 30.2 Å². The van der Waals surface area contributed by atoms with Crippen LogP contribution in [0, 0.1) is 45.9 Å². The van der Waals surface area contributed by atoms with Crippen LogP contribution in [0.3, 0.4) is 0 Å². The number of halogens is 2. The number of aliphatic hydroxyl groups excluding tert-OH is 1. The Labute approximate surface area is 205 Å². The summed E-state index contributed by atoms with van der Waals surface area (Å²) in [5.74, 6) is 1.26. The van der Waals surface area contributed by atoms with Crippen molar-refractivity contribution in [3.8, 4) is 0 Å². The van der Waals surface area contributed by atoms with Crippen molar-refractivity contribution >= 4 is 40.9 Å². The van der Waals surface area contributed by atoms with E-state index in [2.05, 4.69) is 9.97 Å². The molecule has 4 unspecified atom stereocenters. The van der Waals surface area contributed by atoms with Crippen LogP contribution in [0.2, 0.25) is 10.0 Å². The standard InChI is InChI=1S/C11H13ClN2O3.C11H11ClN2O3/c2*1-6-10(12)9(14(16)17)5-13-11(6)8-4-7(8)2-3-15/h5,7-8,15H,2-4H2,1H3;3,5,7-8H,2,4H2,1H3. The van der Waals surface area contributed by atoms with Gasteiger partial charge in [0.15, 0.2) is 0 Å². The Kier molecular flexibility index (Phi) is 8.17. The van der Waals surface area contributed by atoms with Gasteiger partial charge in [-0.25, -0.2) is 0 Å². The molecule has 0 aromatic carbocycles. The van der Waals surface area contributed by atoms with Crippen molar-refractivity contribution in [3.63, 3.8) is 0 Å². The molecule has 2 aliphatic carbocycles. The Morgan fingerprint density at radius 1 is 0.971 bits per heavy atom. The van der Waals surface area contributed by atoms with Gasteiger partial charge < -0.3 is 9.90 Å². The molecule has 2 aromatic rings. The number of nitro groups is 2. The minimum absolute atomic E-state index is 0.146. The van der Waals surface area contributed by atoms with Crippen molar-refractivity contribution in [3.05, 3.63) is 65.2 Å². The predicted molar refractivity (Wildman–Crippen MR) is 125 cm³/mol. The third-order valence-electron chi connectivity index (χ3n) is 6.37. The minimum Gasteiger partial charge on any atom is -0.396 e. The number of nitrogens with zero attached hydrogens (tertiary/aromatic N) is 4. The molecule has 2 aromatic heterocycles. The van der Waals surface area contributed by atoms with Gasteiger partial charge in [-0.15, -0.1) is 0 Å². The lowest BCUT2D eigenvalue weighted by atomic mass is 10.1. The lowest BCUT2D eigenvalue weighted by Crippen LogP contribution is -1.99. The first kappa shape index (κ1) is 25.9.